The number of carbonyl (C=O) groups is 2. The standard InChI is InChI=1S/C18H20N2O6S/c21-17(14-8-9-15(26-14)18(22)23)19-12-13-6-2-3-7-16(13)27(24,25)20-10-4-1-5-11-20/h2-3,6-9H,1,4-5,10-12H2,(H,19,21)(H,22,23). The SMILES string of the molecule is O=C(O)c1ccc(C(=O)NCc2ccccc2S(=O)(=O)N2CCCCC2)o1. The van der Waals surface area contributed by atoms with Crippen LogP contribution in [0.15, 0.2) is 45.7 Å². The normalized spacial score (nSPS) is 15.4. The van der Waals surface area contributed by atoms with Gasteiger partial charge in [-0.2, -0.15) is 4.31 Å². The predicted molar refractivity (Wildman–Crippen MR) is 95.9 cm³/mol. The molecule has 9 heteroatoms. The van der Waals surface area contributed by atoms with E-state index in [0.29, 0.717) is 18.7 Å². The van der Waals surface area contributed by atoms with Gasteiger partial charge >= 0.3 is 5.97 Å². The maximum absolute atomic E-state index is 12.9. The maximum atomic E-state index is 12.9. The summed E-state index contributed by atoms with van der Waals surface area (Å²) >= 11 is 0. The highest BCUT2D eigenvalue weighted by molar-refractivity contribution is 7.89. The third-order valence-corrected chi connectivity index (χ3v) is 6.38. The molecule has 1 amide bonds. The number of benzene rings is 1. The highest BCUT2D eigenvalue weighted by Crippen LogP contribution is 2.23. The summed E-state index contributed by atoms with van der Waals surface area (Å²) in [5.74, 6) is -2.38. The van der Waals surface area contributed by atoms with Crippen molar-refractivity contribution in [1.29, 1.82) is 0 Å². The molecule has 1 aromatic carbocycles. The van der Waals surface area contributed by atoms with Crippen LogP contribution in [0.4, 0.5) is 0 Å². The first-order chi connectivity index (χ1) is 12.9. The van der Waals surface area contributed by atoms with Crippen molar-refractivity contribution in [3.8, 4) is 0 Å². The van der Waals surface area contributed by atoms with Crippen molar-refractivity contribution in [3.05, 3.63) is 53.5 Å². The Morgan fingerprint density at radius 2 is 1.70 bits per heavy atom. The van der Waals surface area contributed by atoms with Gasteiger partial charge in [0, 0.05) is 19.6 Å². The molecule has 2 aromatic rings. The van der Waals surface area contributed by atoms with Crippen LogP contribution in [0.2, 0.25) is 0 Å². The molecule has 0 aliphatic carbocycles. The van der Waals surface area contributed by atoms with Crippen molar-refractivity contribution >= 4 is 21.9 Å². The molecule has 3 rings (SSSR count). The van der Waals surface area contributed by atoms with Crippen molar-refractivity contribution in [1.82, 2.24) is 9.62 Å². The summed E-state index contributed by atoms with van der Waals surface area (Å²) < 4.78 is 32.3. The number of piperidine rings is 1. The third-order valence-electron chi connectivity index (χ3n) is 4.39. The summed E-state index contributed by atoms with van der Waals surface area (Å²) in [4.78, 5) is 23.1. The molecule has 0 bridgehead atoms. The number of nitrogens with one attached hydrogen (secondary N) is 1. The second-order valence-corrected chi connectivity index (χ2v) is 8.13. The molecule has 1 saturated heterocycles. The van der Waals surface area contributed by atoms with Crippen LogP contribution in [0.25, 0.3) is 0 Å². The number of rotatable bonds is 6. The van der Waals surface area contributed by atoms with Gasteiger partial charge in [0.2, 0.25) is 15.8 Å². The van der Waals surface area contributed by atoms with Crippen LogP contribution in [0, 0.1) is 0 Å². The van der Waals surface area contributed by atoms with Crippen LogP contribution < -0.4 is 5.32 Å². The van der Waals surface area contributed by atoms with E-state index in [1.807, 2.05) is 0 Å². The Bertz CT molecular complexity index is 944. The van der Waals surface area contributed by atoms with E-state index in [4.69, 9.17) is 9.52 Å². The minimum absolute atomic E-state index is 0.0226. The lowest BCUT2D eigenvalue weighted by Crippen LogP contribution is -2.36. The Morgan fingerprint density at radius 3 is 2.37 bits per heavy atom. The number of carbonyl (C=O) groups excluding carboxylic acids is 1. The number of furan rings is 1. The summed E-state index contributed by atoms with van der Waals surface area (Å²) in [7, 11) is -3.63. The molecule has 8 nitrogen and oxygen atoms in total. The van der Waals surface area contributed by atoms with Gasteiger partial charge in [0.25, 0.3) is 5.91 Å². The fourth-order valence-corrected chi connectivity index (χ4v) is 4.72. The molecule has 1 aromatic heterocycles. The van der Waals surface area contributed by atoms with E-state index in [2.05, 4.69) is 5.32 Å². The maximum Gasteiger partial charge on any atom is 0.371 e. The Balaban J connectivity index is 1.75. The number of aromatic carboxylic acids is 1. The van der Waals surface area contributed by atoms with E-state index in [9.17, 15) is 18.0 Å². The van der Waals surface area contributed by atoms with Crippen molar-refractivity contribution in [2.45, 2.75) is 30.7 Å². The molecule has 2 heterocycles. The number of sulfonamides is 1. The summed E-state index contributed by atoms with van der Waals surface area (Å²) in [6.45, 7) is 0.964. The second kappa shape index (κ2) is 7.93. The largest absolute Gasteiger partial charge is 0.475 e. The number of nitrogens with zero attached hydrogens (tertiary/aromatic N) is 1. The zero-order valence-corrected chi connectivity index (χ0v) is 15.4. The van der Waals surface area contributed by atoms with E-state index < -0.39 is 21.9 Å². The average Bonchev–Trinajstić information content (AvgIpc) is 3.18. The van der Waals surface area contributed by atoms with Crippen LogP contribution in [0.1, 0.15) is 45.9 Å². The quantitative estimate of drug-likeness (QED) is 0.777. The Kier molecular flexibility index (Phi) is 5.62. The highest BCUT2D eigenvalue weighted by Gasteiger charge is 2.28. The first kappa shape index (κ1) is 19.1. The molecule has 0 atom stereocenters. The number of carboxylic acids is 1. The molecule has 1 aliphatic rings. The molecular weight excluding hydrogens is 372 g/mol. The lowest BCUT2D eigenvalue weighted by Gasteiger charge is -2.26. The van der Waals surface area contributed by atoms with Gasteiger partial charge in [0.05, 0.1) is 4.90 Å². The van der Waals surface area contributed by atoms with Gasteiger partial charge in [-0.15, -0.1) is 0 Å². The fourth-order valence-electron chi connectivity index (χ4n) is 2.98. The van der Waals surface area contributed by atoms with E-state index in [1.165, 1.54) is 22.5 Å². The summed E-state index contributed by atoms with van der Waals surface area (Å²) in [6.07, 6.45) is 2.69. The Labute approximate surface area is 156 Å². The lowest BCUT2D eigenvalue weighted by molar-refractivity contribution is 0.0659. The Morgan fingerprint density at radius 1 is 1.04 bits per heavy atom. The van der Waals surface area contributed by atoms with E-state index >= 15 is 0 Å². The third kappa shape index (κ3) is 4.20. The van der Waals surface area contributed by atoms with Gasteiger partial charge in [0.15, 0.2) is 5.76 Å². The van der Waals surface area contributed by atoms with Crippen molar-refractivity contribution in [2.75, 3.05) is 13.1 Å². The zero-order chi connectivity index (χ0) is 19.4. The summed E-state index contributed by atoms with van der Waals surface area (Å²) in [5.41, 5.74) is 0.460. The predicted octanol–water partition coefficient (Wildman–Crippen LogP) is 2.08. The van der Waals surface area contributed by atoms with E-state index in [0.717, 1.165) is 19.3 Å². The number of carboxylic acid groups (broad SMARTS) is 1. The molecule has 0 saturated carbocycles. The van der Waals surface area contributed by atoms with Gasteiger partial charge in [-0.25, -0.2) is 13.2 Å². The smallest absolute Gasteiger partial charge is 0.371 e. The van der Waals surface area contributed by atoms with Gasteiger partial charge in [-0.05, 0) is 36.6 Å². The number of hydrogen-bond acceptors (Lipinski definition) is 5. The first-order valence-electron chi connectivity index (χ1n) is 8.59. The summed E-state index contributed by atoms with van der Waals surface area (Å²) in [6, 6.07) is 8.96. The first-order valence-corrected chi connectivity index (χ1v) is 10.0. The van der Waals surface area contributed by atoms with Gasteiger partial charge in [-0.3, -0.25) is 4.79 Å². The van der Waals surface area contributed by atoms with Gasteiger partial charge in [-0.1, -0.05) is 24.6 Å². The van der Waals surface area contributed by atoms with Crippen LogP contribution in [0.3, 0.4) is 0 Å². The molecule has 144 valence electrons. The molecule has 2 N–H and O–H groups in total. The Hall–Kier alpha value is -2.65. The van der Waals surface area contributed by atoms with Crippen molar-refractivity contribution < 1.29 is 27.5 Å². The summed E-state index contributed by atoms with van der Waals surface area (Å²) in [5, 5.41) is 11.4. The van der Waals surface area contributed by atoms with E-state index in [1.54, 1.807) is 18.2 Å². The molecular formula is C18H20N2O6S. The highest BCUT2D eigenvalue weighted by atomic mass is 32.2. The monoisotopic (exact) mass is 392 g/mol. The van der Waals surface area contributed by atoms with Crippen LogP contribution in [-0.2, 0) is 16.6 Å². The van der Waals surface area contributed by atoms with Gasteiger partial charge in [0.1, 0.15) is 0 Å². The average molecular weight is 392 g/mol. The molecule has 1 fully saturated rings. The minimum atomic E-state index is -3.63. The molecule has 1 aliphatic heterocycles. The molecule has 0 radical (unpaired) electrons. The molecule has 0 spiro atoms. The fraction of sp³-hybridized carbons (Fsp3) is 0.333. The van der Waals surface area contributed by atoms with Crippen molar-refractivity contribution in [2.24, 2.45) is 0 Å². The topological polar surface area (TPSA) is 117 Å². The molecule has 0 unspecified atom stereocenters. The number of amides is 1. The number of hydrogen-bond donors (Lipinski definition) is 2. The van der Waals surface area contributed by atoms with Crippen LogP contribution in [0.5, 0.6) is 0 Å². The van der Waals surface area contributed by atoms with E-state index in [-0.39, 0.29) is 23.0 Å². The van der Waals surface area contributed by atoms with Gasteiger partial charge < -0.3 is 14.8 Å². The minimum Gasteiger partial charge on any atom is -0.475 e. The molecule has 27 heavy (non-hydrogen) atoms. The van der Waals surface area contributed by atoms with Crippen LogP contribution in [-0.4, -0.2) is 42.8 Å². The van der Waals surface area contributed by atoms with Crippen LogP contribution >= 0.6 is 0 Å². The zero-order valence-electron chi connectivity index (χ0n) is 14.6. The lowest BCUT2D eigenvalue weighted by atomic mass is 10.2. The van der Waals surface area contributed by atoms with Crippen molar-refractivity contribution in [3.63, 3.8) is 0 Å². The second-order valence-electron chi connectivity index (χ2n) is 6.22.